The number of halogens is 1. The Morgan fingerprint density at radius 3 is 2.83 bits per heavy atom. The lowest BCUT2D eigenvalue weighted by Gasteiger charge is -2.12. The topological polar surface area (TPSA) is 92.7 Å². The number of benzene rings is 1. The maximum atomic E-state index is 13.0. The number of aromatic amines is 1. The van der Waals surface area contributed by atoms with Crippen LogP contribution in [-0.2, 0) is 17.8 Å². The number of anilines is 1. The molecule has 10 heteroatoms. The van der Waals surface area contributed by atoms with Crippen molar-refractivity contribution in [3.63, 3.8) is 0 Å². The van der Waals surface area contributed by atoms with E-state index in [1.165, 1.54) is 23.1 Å². The van der Waals surface area contributed by atoms with E-state index in [1.807, 2.05) is 42.6 Å². The van der Waals surface area contributed by atoms with Crippen molar-refractivity contribution in [2.24, 2.45) is 0 Å². The van der Waals surface area contributed by atoms with E-state index in [4.69, 9.17) is 11.6 Å². The maximum absolute atomic E-state index is 13.0. The summed E-state index contributed by atoms with van der Waals surface area (Å²) in [6.45, 7) is 2.32. The molecule has 0 aliphatic rings. The highest BCUT2D eigenvalue weighted by molar-refractivity contribution is 7.99. The van der Waals surface area contributed by atoms with Crippen molar-refractivity contribution in [2.75, 3.05) is 11.1 Å². The second-order valence-corrected chi connectivity index (χ2v) is 8.93. The number of thiophene rings is 1. The van der Waals surface area contributed by atoms with Crippen molar-refractivity contribution >= 4 is 56.6 Å². The van der Waals surface area contributed by atoms with Gasteiger partial charge in [-0.25, -0.2) is 4.98 Å². The number of thioether (sulfide) groups is 1. The number of carbonyl (C=O) groups excluding carboxylic acids is 1. The molecular weight excluding hydrogens is 442 g/mol. The molecule has 3 aromatic heterocycles. The standard InChI is InChI=1S/C20H18ClN5O2S2/c1-12-10-16(25-24-12)23-17(27)11-30-20-22-15-7-9-29-18(15)19(28)26(20)8-6-13-2-4-14(21)5-3-13/h2-5,7,9-10H,6,8,11H2,1H3,(H2,23,24,25,27). The Morgan fingerprint density at radius 2 is 2.10 bits per heavy atom. The molecular formula is C20H18ClN5O2S2. The van der Waals surface area contributed by atoms with Gasteiger partial charge < -0.3 is 5.32 Å². The molecule has 0 unspecified atom stereocenters. The molecule has 0 fully saturated rings. The predicted octanol–water partition coefficient (Wildman–Crippen LogP) is 4.12. The summed E-state index contributed by atoms with van der Waals surface area (Å²) in [6, 6.07) is 11.1. The Balaban J connectivity index is 1.53. The molecule has 4 rings (SSSR count). The van der Waals surface area contributed by atoms with Crippen molar-refractivity contribution in [2.45, 2.75) is 25.0 Å². The second-order valence-electron chi connectivity index (χ2n) is 6.64. The zero-order valence-electron chi connectivity index (χ0n) is 16.0. The van der Waals surface area contributed by atoms with Crippen LogP contribution in [0.2, 0.25) is 5.02 Å². The van der Waals surface area contributed by atoms with Crippen LogP contribution < -0.4 is 10.9 Å². The molecule has 0 bridgehead atoms. The highest BCUT2D eigenvalue weighted by Gasteiger charge is 2.15. The quantitative estimate of drug-likeness (QED) is 0.320. The first-order chi connectivity index (χ1) is 14.5. The van der Waals surface area contributed by atoms with Gasteiger partial charge in [0.15, 0.2) is 11.0 Å². The average Bonchev–Trinajstić information content (AvgIpc) is 3.36. The van der Waals surface area contributed by atoms with Crippen LogP contribution in [0.3, 0.4) is 0 Å². The number of aryl methyl sites for hydroxylation is 2. The van der Waals surface area contributed by atoms with E-state index in [2.05, 4.69) is 20.5 Å². The van der Waals surface area contributed by atoms with Crippen LogP contribution in [-0.4, -0.2) is 31.4 Å². The Bertz CT molecular complexity index is 1250. The van der Waals surface area contributed by atoms with Crippen LogP contribution >= 0.6 is 34.7 Å². The number of hydrogen-bond donors (Lipinski definition) is 2. The summed E-state index contributed by atoms with van der Waals surface area (Å²) in [7, 11) is 0. The first-order valence-corrected chi connectivity index (χ1v) is 11.4. The van der Waals surface area contributed by atoms with Gasteiger partial charge in [0.2, 0.25) is 5.91 Å². The van der Waals surface area contributed by atoms with E-state index in [1.54, 1.807) is 10.6 Å². The summed E-state index contributed by atoms with van der Waals surface area (Å²) in [5, 5.41) is 12.6. The number of fused-ring (bicyclic) bond motifs is 1. The molecule has 1 amide bonds. The molecule has 7 nitrogen and oxygen atoms in total. The van der Waals surface area contributed by atoms with Crippen LogP contribution in [0.25, 0.3) is 10.2 Å². The van der Waals surface area contributed by atoms with Gasteiger partial charge in [0.05, 0.1) is 11.3 Å². The molecule has 0 radical (unpaired) electrons. The van der Waals surface area contributed by atoms with Gasteiger partial charge in [-0.2, -0.15) is 5.10 Å². The molecule has 2 N–H and O–H groups in total. The van der Waals surface area contributed by atoms with Crippen LogP contribution in [0.15, 0.2) is 51.7 Å². The largest absolute Gasteiger partial charge is 0.308 e. The number of rotatable bonds is 7. The number of nitrogens with zero attached hydrogens (tertiary/aromatic N) is 3. The molecule has 0 saturated carbocycles. The Hall–Kier alpha value is -2.62. The van der Waals surface area contributed by atoms with Crippen molar-refractivity contribution in [1.82, 2.24) is 19.7 Å². The summed E-state index contributed by atoms with van der Waals surface area (Å²) in [5.41, 5.74) is 2.49. The third kappa shape index (κ3) is 4.75. The van der Waals surface area contributed by atoms with E-state index in [-0.39, 0.29) is 17.2 Å². The molecule has 154 valence electrons. The summed E-state index contributed by atoms with van der Waals surface area (Å²) >= 11 is 8.56. The van der Waals surface area contributed by atoms with E-state index in [0.29, 0.717) is 39.2 Å². The fourth-order valence-corrected chi connectivity index (χ4v) is 4.64. The minimum Gasteiger partial charge on any atom is -0.308 e. The smallest absolute Gasteiger partial charge is 0.272 e. The molecule has 0 saturated heterocycles. The predicted molar refractivity (Wildman–Crippen MR) is 122 cm³/mol. The zero-order chi connectivity index (χ0) is 21.1. The highest BCUT2D eigenvalue weighted by Crippen LogP contribution is 2.22. The normalized spacial score (nSPS) is 11.1. The Morgan fingerprint density at radius 1 is 1.30 bits per heavy atom. The van der Waals surface area contributed by atoms with E-state index in [0.717, 1.165) is 11.3 Å². The third-order valence-corrected chi connectivity index (χ3v) is 6.49. The Kier molecular flexibility index (Phi) is 6.21. The molecule has 0 aliphatic carbocycles. The van der Waals surface area contributed by atoms with Gasteiger partial charge in [-0.05, 0) is 42.5 Å². The van der Waals surface area contributed by atoms with Crippen molar-refractivity contribution in [3.8, 4) is 0 Å². The van der Waals surface area contributed by atoms with Crippen molar-refractivity contribution in [3.05, 3.63) is 68.4 Å². The number of nitrogens with one attached hydrogen (secondary N) is 2. The van der Waals surface area contributed by atoms with Gasteiger partial charge in [-0.15, -0.1) is 11.3 Å². The molecule has 4 aromatic rings. The summed E-state index contributed by atoms with van der Waals surface area (Å²) in [4.78, 5) is 29.9. The lowest BCUT2D eigenvalue weighted by atomic mass is 10.1. The lowest BCUT2D eigenvalue weighted by Crippen LogP contribution is -2.24. The van der Waals surface area contributed by atoms with Crippen molar-refractivity contribution < 1.29 is 4.79 Å². The molecule has 3 heterocycles. The number of hydrogen-bond acceptors (Lipinski definition) is 6. The van der Waals surface area contributed by atoms with Crippen LogP contribution in [0, 0.1) is 6.92 Å². The summed E-state index contributed by atoms with van der Waals surface area (Å²) < 4.78 is 2.26. The van der Waals surface area contributed by atoms with Gasteiger partial charge in [0.1, 0.15) is 4.70 Å². The number of H-pyrrole nitrogens is 1. The van der Waals surface area contributed by atoms with Crippen LogP contribution in [0.4, 0.5) is 5.82 Å². The van der Waals surface area contributed by atoms with E-state index in [9.17, 15) is 9.59 Å². The Labute approximate surface area is 185 Å². The average molecular weight is 460 g/mol. The van der Waals surface area contributed by atoms with Crippen LogP contribution in [0.5, 0.6) is 0 Å². The molecule has 1 aromatic carbocycles. The monoisotopic (exact) mass is 459 g/mol. The number of carbonyl (C=O) groups is 1. The summed E-state index contributed by atoms with van der Waals surface area (Å²) in [6.07, 6.45) is 0.655. The van der Waals surface area contributed by atoms with Crippen molar-refractivity contribution in [1.29, 1.82) is 0 Å². The van der Waals surface area contributed by atoms with Gasteiger partial charge >= 0.3 is 0 Å². The summed E-state index contributed by atoms with van der Waals surface area (Å²) in [5.74, 6) is 0.379. The second kappa shape index (κ2) is 9.03. The fourth-order valence-electron chi connectivity index (χ4n) is 2.91. The van der Waals surface area contributed by atoms with Crippen LogP contribution in [0.1, 0.15) is 11.3 Å². The zero-order valence-corrected chi connectivity index (χ0v) is 18.4. The van der Waals surface area contributed by atoms with Gasteiger partial charge in [-0.1, -0.05) is 35.5 Å². The number of amides is 1. The SMILES string of the molecule is Cc1cc(NC(=O)CSc2nc3ccsc3c(=O)n2CCc2ccc(Cl)cc2)n[nH]1. The molecule has 0 atom stereocenters. The fraction of sp³-hybridized carbons (Fsp3) is 0.200. The minimum atomic E-state index is -0.213. The third-order valence-electron chi connectivity index (χ3n) is 4.37. The first kappa shape index (κ1) is 20.6. The van der Waals surface area contributed by atoms with E-state index < -0.39 is 0 Å². The molecule has 0 spiro atoms. The molecule has 30 heavy (non-hydrogen) atoms. The number of aromatic nitrogens is 4. The van der Waals surface area contributed by atoms with Gasteiger partial charge in [0.25, 0.3) is 5.56 Å². The minimum absolute atomic E-state index is 0.0882. The van der Waals surface area contributed by atoms with Gasteiger partial charge in [-0.3, -0.25) is 19.3 Å². The first-order valence-electron chi connectivity index (χ1n) is 9.17. The van der Waals surface area contributed by atoms with E-state index >= 15 is 0 Å². The lowest BCUT2D eigenvalue weighted by molar-refractivity contribution is -0.113. The maximum Gasteiger partial charge on any atom is 0.272 e. The molecule has 0 aliphatic heterocycles. The highest BCUT2D eigenvalue weighted by atomic mass is 35.5. The van der Waals surface area contributed by atoms with Gasteiger partial charge in [0, 0.05) is 23.3 Å².